The van der Waals surface area contributed by atoms with Crippen molar-refractivity contribution in [3.63, 3.8) is 0 Å². The van der Waals surface area contributed by atoms with Gasteiger partial charge in [-0.25, -0.2) is 14.8 Å². The van der Waals surface area contributed by atoms with Crippen molar-refractivity contribution >= 4 is 35.1 Å². The standard InChI is InChI=1S/C19H21ClN4O3/c1-12-4-3-7-24(11-12)19-21-9-14(10-22-19)17(25)23-16-8-13(18(26)27-2)5-6-15(16)20/h5-6,8-10,12H,3-4,7,11H2,1-2H3,(H,23,25). The summed E-state index contributed by atoms with van der Waals surface area (Å²) in [6.45, 7) is 4.05. The average Bonchev–Trinajstić information content (AvgIpc) is 2.69. The highest BCUT2D eigenvalue weighted by Crippen LogP contribution is 2.24. The monoisotopic (exact) mass is 388 g/mol. The number of anilines is 2. The molecule has 1 aliphatic rings. The van der Waals surface area contributed by atoms with Crippen LogP contribution in [0.25, 0.3) is 0 Å². The number of halogens is 1. The first-order valence-corrected chi connectivity index (χ1v) is 9.12. The van der Waals surface area contributed by atoms with Crippen molar-refractivity contribution in [3.8, 4) is 0 Å². The molecule has 1 saturated heterocycles. The highest BCUT2D eigenvalue weighted by atomic mass is 35.5. The molecule has 1 aliphatic heterocycles. The van der Waals surface area contributed by atoms with Gasteiger partial charge in [-0.2, -0.15) is 0 Å². The number of benzene rings is 1. The third-order valence-corrected chi connectivity index (χ3v) is 4.81. The van der Waals surface area contributed by atoms with Gasteiger partial charge in [-0.3, -0.25) is 4.79 Å². The second-order valence-corrected chi connectivity index (χ2v) is 7.01. The van der Waals surface area contributed by atoms with E-state index < -0.39 is 11.9 Å². The Bertz CT molecular complexity index is 841. The molecule has 1 N–H and O–H groups in total. The van der Waals surface area contributed by atoms with Gasteiger partial charge in [-0.1, -0.05) is 18.5 Å². The summed E-state index contributed by atoms with van der Waals surface area (Å²) < 4.78 is 4.68. The van der Waals surface area contributed by atoms with Crippen molar-refractivity contribution in [2.24, 2.45) is 5.92 Å². The molecule has 0 radical (unpaired) electrons. The minimum atomic E-state index is -0.509. The third-order valence-electron chi connectivity index (χ3n) is 4.48. The van der Waals surface area contributed by atoms with Crippen LogP contribution in [0.1, 0.15) is 40.5 Å². The summed E-state index contributed by atoms with van der Waals surface area (Å²) in [6, 6.07) is 4.53. The molecule has 1 aromatic heterocycles. The summed E-state index contributed by atoms with van der Waals surface area (Å²) >= 11 is 6.11. The van der Waals surface area contributed by atoms with Crippen molar-refractivity contribution in [1.29, 1.82) is 0 Å². The number of hydrogen-bond acceptors (Lipinski definition) is 6. The molecule has 2 heterocycles. The van der Waals surface area contributed by atoms with E-state index in [1.54, 1.807) is 0 Å². The van der Waals surface area contributed by atoms with E-state index in [1.165, 1.54) is 44.1 Å². The topological polar surface area (TPSA) is 84.4 Å². The van der Waals surface area contributed by atoms with Crippen LogP contribution < -0.4 is 10.2 Å². The van der Waals surface area contributed by atoms with Gasteiger partial charge in [0.2, 0.25) is 5.95 Å². The van der Waals surface area contributed by atoms with Gasteiger partial charge in [0.05, 0.1) is 28.9 Å². The second kappa shape index (κ2) is 8.35. The molecule has 1 atom stereocenters. The van der Waals surface area contributed by atoms with Crippen LogP contribution in [0.3, 0.4) is 0 Å². The molecule has 3 rings (SSSR count). The van der Waals surface area contributed by atoms with Gasteiger partial charge >= 0.3 is 5.97 Å². The van der Waals surface area contributed by atoms with E-state index >= 15 is 0 Å². The van der Waals surface area contributed by atoms with Crippen LogP contribution in [0.15, 0.2) is 30.6 Å². The van der Waals surface area contributed by atoms with Crippen LogP contribution in [0.4, 0.5) is 11.6 Å². The first-order valence-electron chi connectivity index (χ1n) is 8.74. The molecule has 0 aliphatic carbocycles. The lowest BCUT2D eigenvalue weighted by Gasteiger charge is -2.30. The van der Waals surface area contributed by atoms with E-state index in [9.17, 15) is 9.59 Å². The average molecular weight is 389 g/mol. The number of aromatic nitrogens is 2. The van der Waals surface area contributed by atoms with E-state index in [0.717, 1.165) is 19.5 Å². The van der Waals surface area contributed by atoms with E-state index in [0.29, 0.717) is 33.7 Å². The fourth-order valence-electron chi connectivity index (χ4n) is 3.03. The van der Waals surface area contributed by atoms with Crippen LogP contribution in [-0.2, 0) is 4.74 Å². The highest BCUT2D eigenvalue weighted by Gasteiger charge is 2.19. The molecule has 1 aromatic carbocycles. The number of nitrogens with zero attached hydrogens (tertiary/aromatic N) is 3. The first kappa shape index (κ1) is 19.1. The summed E-state index contributed by atoms with van der Waals surface area (Å²) in [7, 11) is 1.29. The van der Waals surface area contributed by atoms with E-state index in [2.05, 4.69) is 31.8 Å². The Kier molecular flexibility index (Phi) is 5.91. The Morgan fingerprint density at radius 3 is 2.67 bits per heavy atom. The Morgan fingerprint density at radius 2 is 2.00 bits per heavy atom. The molecule has 0 saturated carbocycles. The van der Waals surface area contributed by atoms with Gasteiger partial charge in [0.1, 0.15) is 0 Å². The number of carbonyl (C=O) groups is 2. The lowest BCUT2D eigenvalue weighted by Crippen LogP contribution is -2.35. The summed E-state index contributed by atoms with van der Waals surface area (Å²) in [5, 5.41) is 3.00. The fourth-order valence-corrected chi connectivity index (χ4v) is 3.20. The maximum absolute atomic E-state index is 12.5. The quantitative estimate of drug-likeness (QED) is 0.808. The van der Waals surface area contributed by atoms with Crippen molar-refractivity contribution in [3.05, 3.63) is 46.7 Å². The molecule has 2 aromatic rings. The molecule has 8 heteroatoms. The zero-order chi connectivity index (χ0) is 19.4. The van der Waals surface area contributed by atoms with Gasteiger partial charge in [0.15, 0.2) is 0 Å². The van der Waals surface area contributed by atoms with E-state index in [4.69, 9.17) is 11.6 Å². The molecule has 1 fully saturated rings. The number of ether oxygens (including phenoxy) is 1. The predicted octanol–water partition coefficient (Wildman–Crippen LogP) is 3.41. The number of rotatable bonds is 4. The largest absolute Gasteiger partial charge is 0.465 e. The normalized spacial score (nSPS) is 16.7. The molecule has 7 nitrogen and oxygen atoms in total. The summed E-state index contributed by atoms with van der Waals surface area (Å²) in [5.74, 6) is 0.321. The zero-order valence-electron chi connectivity index (χ0n) is 15.2. The predicted molar refractivity (Wildman–Crippen MR) is 103 cm³/mol. The van der Waals surface area contributed by atoms with Crippen molar-refractivity contribution in [2.75, 3.05) is 30.4 Å². The third kappa shape index (κ3) is 4.54. The maximum atomic E-state index is 12.5. The zero-order valence-corrected chi connectivity index (χ0v) is 16.0. The molecule has 0 bridgehead atoms. The summed E-state index contributed by atoms with van der Waals surface area (Å²) in [6.07, 6.45) is 5.31. The Labute approximate surface area is 162 Å². The minimum absolute atomic E-state index is 0.294. The van der Waals surface area contributed by atoms with E-state index in [1.807, 2.05) is 0 Å². The second-order valence-electron chi connectivity index (χ2n) is 6.61. The van der Waals surface area contributed by atoms with Gasteiger partial charge in [0, 0.05) is 25.5 Å². The Hall–Kier alpha value is -2.67. The summed E-state index contributed by atoms with van der Waals surface area (Å²) in [4.78, 5) is 34.9. The van der Waals surface area contributed by atoms with Crippen molar-refractivity contribution in [1.82, 2.24) is 9.97 Å². The van der Waals surface area contributed by atoms with Crippen LogP contribution >= 0.6 is 11.6 Å². The lowest BCUT2D eigenvalue weighted by atomic mass is 10.0. The molecular formula is C19H21ClN4O3. The van der Waals surface area contributed by atoms with Gasteiger partial charge < -0.3 is 15.0 Å². The molecule has 1 unspecified atom stereocenters. The fraction of sp³-hybridized carbons (Fsp3) is 0.368. The number of nitrogens with one attached hydrogen (secondary N) is 1. The van der Waals surface area contributed by atoms with Crippen molar-refractivity contribution < 1.29 is 14.3 Å². The highest BCUT2D eigenvalue weighted by molar-refractivity contribution is 6.34. The minimum Gasteiger partial charge on any atom is -0.465 e. The van der Waals surface area contributed by atoms with Gasteiger partial charge in [0.25, 0.3) is 5.91 Å². The number of esters is 1. The van der Waals surface area contributed by atoms with Gasteiger partial charge in [-0.05, 0) is 37.0 Å². The van der Waals surface area contributed by atoms with Crippen LogP contribution in [-0.4, -0.2) is 42.0 Å². The van der Waals surface area contributed by atoms with Crippen LogP contribution in [0, 0.1) is 5.92 Å². The molecule has 142 valence electrons. The smallest absolute Gasteiger partial charge is 0.337 e. The lowest BCUT2D eigenvalue weighted by molar-refractivity contribution is 0.0600. The van der Waals surface area contributed by atoms with E-state index in [-0.39, 0.29) is 0 Å². The molecular weight excluding hydrogens is 368 g/mol. The first-order chi connectivity index (χ1) is 13.0. The number of hydrogen-bond donors (Lipinski definition) is 1. The summed E-state index contributed by atoms with van der Waals surface area (Å²) in [5.41, 5.74) is 0.921. The molecule has 1 amide bonds. The van der Waals surface area contributed by atoms with Gasteiger partial charge in [-0.15, -0.1) is 0 Å². The number of piperidine rings is 1. The molecule has 27 heavy (non-hydrogen) atoms. The Morgan fingerprint density at radius 1 is 1.26 bits per heavy atom. The number of carbonyl (C=O) groups excluding carboxylic acids is 2. The Balaban J connectivity index is 1.72. The SMILES string of the molecule is COC(=O)c1ccc(Cl)c(NC(=O)c2cnc(N3CCCC(C)C3)nc2)c1. The van der Waals surface area contributed by atoms with Crippen LogP contribution in [0.5, 0.6) is 0 Å². The van der Waals surface area contributed by atoms with Crippen molar-refractivity contribution in [2.45, 2.75) is 19.8 Å². The van der Waals surface area contributed by atoms with Crippen LogP contribution in [0.2, 0.25) is 5.02 Å². The maximum Gasteiger partial charge on any atom is 0.337 e. The number of amides is 1. The number of methoxy groups -OCH3 is 1. The molecule has 0 spiro atoms.